The van der Waals surface area contributed by atoms with Crippen LogP contribution in [-0.4, -0.2) is 0 Å². The van der Waals surface area contributed by atoms with E-state index in [0.717, 1.165) is 6.42 Å². The number of hydrogen-bond donors (Lipinski definition) is 0. The summed E-state index contributed by atoms with van der Waals surface area (Å²) in [6, 6.07) is 0. The van der Waals surface area contributed by atoms with E-state index in [1.165, 1.54) is 49.7 Å². The van der Waals surface area contributed by atoms with Crippen LogP contribution in [0.2, 0.25) is 0 Å². The molecule has 1 rings (SSSR count). The molecule has 0 fully saturated rings. The van der Waals surface area contributed by atoms with E-state index < -0.39 is 0 Å². The van der Waals surface area contributed by atoms with Gasteiger partial charge in [-0.3, -0.25) is 0 Å². The SMILES string of the molecule is CCCCCCC#CC1=C(C)CC1. The Balaban J connectivity index is 2.08. The van der Waals surface area contributed by atoms with Crippen molar-refractivity contribution in [3.8, 4) is 11.8 Å². The summed E-state index contributed by atoms with van der Waals surface area (Å²) in [6.07, 6.45) is 8.92. The van der Waals surface area contributed by atoms with Gasteiger partial charge in [-0.25, -0.2) is 0 Å². The average molecular weight is 176 g/mol. The van der Waals surface area contributed by atoms with Crippen molar-refractivity contribution in [2.24, 2.45) is 0 Å². The van der Waals surface area contributed by atoms with Crippen LogP contribution in [0, 0.1) is 11.8 Å². The molecule has 72 valence electrons. The third-order valence-corrected chi connectivity index (χ3v) is 2.66. The normalized spacial score (nSPS) is 14.9. The molecule has 0 atom stereocenters. The standard InChI is InChI=1S/C13H20/c1-3-4-5-6-7-8-9-13-11-10-12(13)2/h3-7,10-11H2,1-2H3. The molecule has 0 spiro atoms. The molecule has 0 saturated carbocycles. The van der Waals surface area contributed by atoms with Gasteiger partial charge in [0.05, 0.1) is 0 Å². The van der Waals surface area contributed by atoms with E-state index in [-0.39, 0.29) is 0 Å². The van der Waals surface area contributed by atoms with E-state index in [4.69, 9.17) is 0 Å². The number of allylic oxidation sites excluding steroid dienone is 2. The molecule has 0 aromatic carbocycles. The lowest BCUT2D eigenvalue weighted by Gasteiger charge is -2.14. The highest BCUT2D eigenvalue weighted by molar-refractivity contribution is 5.39. The molecule has 1 aliphatic carbocycles. The first-order valence-corrected chi connectivity index (χ1v) is 5.52. The van der Waals surface area contributed by atoms with Crippen molar-refractivity contribution in [2.75, 3.05) is 0 Å². The first-order valence-electron chi connectivity index (χ1n) is 5.52. The van der Waals surface area contributed by atoms with Crippen molar-refractivity contribution in [3.63, 3.8) is 0 Å². The van der Waals surface area contributed by atoms with Crippen LogP contribution in [0.1, 0.15) is 58.8 Å². The highest BCUT2D eigenvalue weighted by atomic mass is 14.1. The summed E-state index contributed by atoms with van der Waals surface area (Å²) in [5.74, 6) is 6.54. The number of rotatable bonds is 4. The summed E-state index contributed by atoms with van der Waals surface area (Å²) in [4.78, 5) is 0. The lowest BCUT2D eigenvalue weighted by atomic mass is 9.90. The Labute approximate surface area is 82.4 Å². The molecule has 0 bridgehead atoms. The Bertz CT molecular complexity index is 234. The molecule has 0 nitrogen and oxygen atoms in total. The molecule has 0 saturated heterocycles. The van der Waals surface area contributed by atoms with E-state index in [1.807, 2.05) is 0 Å². The lowest BCUT2D eigenvalue weighted by Crippen LogP contribution is -1.97. The molecule has 13 heavy (non-hydrogen) atoms. The van der Waals surface area contributed by atoms with Gasteiger partial charge in [-0.2, -0.15) is 0 Å². The van der Waals surface area contributed by atoms with Gasteiger partial charge < -0.3 is 0 Å². The first kappa shape index (κ1) is 10.4. The summed E-state index contributed by atoms with van der Waals surface area (Å²) in [5.41, 5.74) is 2.93. The number of hydrogen-bond acceptors (Lipinski definition) is 0. The zero-order valence-corrected chi connectivity index (χ0v) is 8.95. The van der Waals surface area contributed by atoms with Crippen LogP contribution < -0.4 is 0 Å². The monoisotopic (exact) mass is 176 g/mol. The van der Waals surface area contributed by atoms with Gasteiger partial charge in [-0.15, -0.1) is 0 Å². The van der Waals surface area contributed by atoms with Gasteiger partial charge in [0.15, 0.2) is 0 Å². The van der Waals surface area contributed by atoms with Crippen molar-refractivity contribution in [3.05, 3.63) is 11.1 Å². The maximum Gasteiger partial charge on any atom is 0.00923 e. The van der Waals surface area contributed by atoms with E-state index in [0.29, 0.717) is 0 Å². The maximum atomic E-state index is 3.28. The minimum atomic E-state index is 1.09. The van der Waals surface area contributed by atoms with Crippen LogP contribution in [0.3, 0.4) is 0 Å². The fourth-order valence-electron chi connectivity index (χ4n) is 1.48. The van der Waals surface area contributed by atoms with Crippen LogP contribution >= 0.6 is 0 Å². The van der Waals surface area contributed by atoms with Crippen molar-refractivity contribution >= 4 is 0 Å². The zero-order valence-electron chi connectivity index (χ0n) is 8.95. The third-order valence-electron chi connectivity index (χ3n) is 2.66. The Morgan fingerprint density at radius 3 is 2.54 bits per heavy atom. The second-order valence-corrected chi connectivity index (χ2v) is 3.87. The van der Waals surface area contributed by atoms with Crippen molar-refractivity contribution in [1.82, 2.24) is 0 Å². The van der Waals surface area contributed by atoms with Gasteiger partial charge >= 0.3 is 0 Å². The van der Waals surface area contributed by atoms with Crippen LogP contribution in [0.5, 0.6) is 0 Å². The van der Waals surface area contributed by atoms with Gasteiger partial charge in [0.1, 0.15) is 0 Å². The Kier molecular flexibility index (Phi) is 4.68. The second kappa shape index (κ2) is 5.86. The third kappa shape index (κ3) is 3.68. The highest BCUT2D eigenvalue weighted by Gasteiger charge is 2.08. The van der Waals surface area contributed by atoms with E-state index in [1.54, 1.807) is 0 Å². The minimum Gasteiger partial charge on any atom is -0.0982 e. The lowest BCUT2D eigenvalue weighted by molar-refractivity contribution is 0.679. The van der Waals surface area contributed by atoms with Crippen LogP contribution in [0.15, 0.2) is 11.1 Å². The van der Waals surface area contributed by atoms with Crippen molar-refractivity contribution in [1.29, 1.82) is 0 Å². The highest BCUT2D eigenvalue weighted by Crippen LogP contribution is 2.25. The van der Waals surface area contributed by atoms with Gasteiger partial charge in [-0.1, -0.05) is 43.6 Å². The van der Waals surface area contributed by atoms with Crippen molar-refractivity contribution < 1.29 is 0 Å². The molecule has 0 aromatic heterocycles. The topological polar surface area (TPSA) is 0 Å². The molecule has 0 heteroatoms. The van der Waals surface area contributed by atoms with Crippen LogP contribution in [-0.2, 0) is 0 Å². The molecular weight excluding hydrogens is 156 g/mol. The van der Waals surface area contributed by atoms with E-state index >= 15 is 0 Å². The molecule has 0 radical (unpaired) electrons. The van der Waals surface area contributed by atoms with E-state index in [2.05, 4.69) is 25.7 Å². The summed E-state index contributed by atoms with van der Waals surface area (Å²) in [6.45, 7) is 4.44. The molecule has 1 aliphatic rings. The molecule has 0 aliphatic heterocycles. The summed E-state index contributed by atoms with van der Waals surface area (Å²) in [7, 11) is 0. The van der Waals surface area contributed by atoms with Crippen molar-refractivity contribution in [2.45, 2.75) is 58.8 Å². The molecular formula is C13H20. The largest absolute Gasteiger partial charge is 0.0982 e. The second-order valence-electron chi connectivity index (χ2n) is 3.87. The molecule has 0 aromatic rings. The van der Waals surface area contributed by atoms with Crippen LogP contribution in [0.25, 0.3) is 0 Å². The molecule has 0 unspecified atom stereocenters. The maximum absolute atomic E-state index is 3.28. The van der Waals surface area contributed by atoms with Crippen LogP contribution in [0.4, 0.5) is 0 Å². The molecule has 0 heterocycles. The first-order chi connectivity index (χ1) is 6.34. The van der Waals surface area contributed by atoms with Gasteiger partial charge in [0.2, 0.25) is 0 Å². The van der Waals surface area contributed by atoms with E-state index in [9.17, 15) is 0 Å². The average Bonchev–Trinajstić information content (AvgIpc) is 2.14. The predicted molar refractivity (Wildman–Crippen MR) is 58.5 cm³/mol. The van der Waals surface area contributed by atoms with Gasteiger partial charge in [-0.05, 0) is 26.2 Å². The Hall–Kier alpha value is -0.700. The molecule has 0 N–H and O–H groups in total. The fraction of sp³-hybridized carbons (Fsp3) is 0.692. The van der Waals surface area contributed by atoms with Gasteiger partial charge in [0, 0.05) is 12.0 Å². The summed E-state index contributed by atoms with van der Waals surface area (Å²) in [5, 5.41) is 0. The quantitative estimate of drug-likeness (QED) is 0.447. The Morgan fingerprint density at radius 1 is 1.15 bits per heavy atom. The number of unbranched alkanes of at least 4 members (excludes halogenated alkanes) is 4. The summed E-state index contributed by atoms with van der Waals surface area (Å²) < 4.78 is 0. The minimum absolute atomic E-state index is 1.09. The fourth-order valence-corrected chi connectivity index (χ4v) is 1.48. The zero-order chi connectivity index (χ0) is 9.52. The Morgan fingerprint density at radius 2 is 2.00 bits per heavy atom. The molecule has 0 amide bonds. The summed E-state index contributed by atoms with van der Waals surface area (Å²) >= 11 is 0. The predicted octanol–water partition coefficient (Wildman–Crippen LogP) is 4.07. The van der Waals surface area contributed by atoms with Gasteiger partial charge in [0.25, 0.3) is 0 Å². The smallest absolute Gasteiger partial charge is 0.00923 e.